The van der Waals surface area contributed by atoms with Crippen LogP contribution < -0.4 is 0 Å². The smallest absolute Gasteiger partial charge is 0.353 e. The van der Waals surface area contributed by atoms with Crippen LogP contribution in [0.15, 0.2) is 35.4 Å². The van der Waals surface area contributed by atoms with Gasteiger partial charge in [-0.1, -0.05) is 0 Å². The minimum absolute atomic E-state index is 0. The Labute approximate surface area is 169 Å². The van der Waals surface area contributed by atoms with Gasteiger partial charge in [-0.3, -0.25) is 9.69 Å². The number of aromatic nitrogens is 4. The van der Waals surface area contributed by atoms with Crippen LogP contribution in [0.3, 0.4) is 0 Å². The molecular weight excluding hydrogens is 353 g/mol. The van der Waals surface area contributed by atoms with Crippen molar-refractivity contribution in [3.63, 3.8) is 0 Å². The molecule has 10 heteroatoms. The van der Waals surface area contributed by atoms with Crippen LogP contribution in [0.5, 0.6) is 0 Å². The van der Waals surface area contributed by atoms with E-state index in [9.17, 15) is 9.59 Å². The Morgan fingerprint density at radius 1 is 1.36 bits per heavy atom. The zero-order chi connectivity index (χ0) is 17.0. The van der Waals surface area contributed by atoms with Crippen LogP contribution in [0.2, 0.25) is 0 Å². The van der Waals surface area contributed by atoms with E-state index in [-0.39, 0.29) is 46.5 Å². The number of carbonyl (C=O) groups excluding carboxylic acids is 1. The standard InChI is InChI=1S/C15H13N5O3S.Na/c1-18-5-10(17-7-18)12-16-4-8(19(12)2)3-9-13(21)20-11(15(22)23)6-24-14(9)20;/h3-7,14H,1-2H3,(H,22,23);. The maximum absolute atomic E-state index is 12.2. The second kappa shape index (κ2) is 6.49. The van der Waals surface area contributed by atoms with Crippen LogP contribution in [0.1, 0.15) is 5.69 Å². The molecule has 1 N–H and O–H groups in total. The van der Waals surface area contributed by atoms with Gasteiger partial charge in [-0.2, -0.15) is 0 Å². The summed E-state index contributed by atoms with van der Waals surface area (Å²) in [6.45, 7) is 0. The van der Waals surface area contributed by atoms with Gasteiger partial charge < -0.3 is 14.2 Å². The molecule has 8 nitrogen and oxygen atoms in total. The Balaban J connectivity index is 0.00000182. The van der Waals surface area contributed by atoms with Gasteiger partial charge in [0.25, 0.3) is 5.91 Å². The number of carbonyl (C=O) groups is 2. The van der Waals surface area contributed by atoms with Crippen LogP contribution in [0.25, 0.3) is 17.6 Å². The summed E-state index contributed by atoms with van der Waals surface area (Å²) in [5.41, 5.74) is 2.12. The second-order valence-corrected chi connectivity index (χ2v) is 6.52. The molecule has 0 spiro atoms. The van der Waals surface area contributed by atoms with E-state index >= 15 is 0 Å². The molecule has 2 aromatic rings. The van der Waals surface area contributed by atoms with E-state index in [1.165, 1.54) is 22.1 Å². The Morgan fingerprint density at radius 2 is 2.12 bits per heavy atom. The molecule has 25 heavy (non-hydrogen) atoms. The number of rotatable bonds is 3. The molecule has 0 aromatic carbocycles. The molecule has 2 aliphatic rings. The fourth-order valence-corrected chi connectivity index (χ4v) is 3.87. The monoisotopic (exact) mass is 366 g/mol. The Morgan fingerprint density at radius 3 is 2.76 bits per heavy atom. The van der Waals surface area contributed by atoms with E-state index in [4.69, 9.17) is 5.11 Å². The molecule has 0 bridgehead atoms. The quantitative estimate of drug-likeness (QED) is 0.487. The van der Waals surface area contributed by atoms with E-state index in [1.54, 1.807) is 18.6 Å². The number of carboxylic acid groups (broad SMARTS) is 1. The molecule has 1 unspecified atom stereocenters. The van der Waals surface area contributed by atoms with Crippen molar-refractivity contribution >= 4 is 59.3 Å². The number of aryl methyl sites for hydroxylation is 1. The first-order valence-electron chi connectivity index (χ1n) is 7.11. The zero-order valence-electron chi connectivity index (χ0n) is 13.9. The maximum Gasteiger partial charge on any atom is 0.353 e. The predicted molar refractivity (Wildman–Crippen MR) is 93.1 cm³/mol. The number of aliphatic carboxylic acids is 1. The summed E-state index contributed by atoms with van der Waals surface area (Å²) in [4.78, 5) is 33.3. The van der Waals surface area contributed by atoms with Crippen molar-refractivity contribution in [3.05, 3.63) is 41.1 Å². The summed E-state index contributed by atoms with van der Waals surface area (Å²) in [6, 6.07) is 0. The SMILES string of the molecule is Cn1cnc(-c2ncc(C=C3C(=O)N4C(C(=O)O)=CSC34)n2C)c1.[Na]. The van der Waals surface area contributed by atoms with Crippen molar-refractivity contribution < 1.29 is 14.7 Å². The Hall–Kier alpha value is -1.81. The molecule has 0 aliphatic carbocycles. The van der Waals surface area contributed by atoms with Gasteiger partial charge in [0.15, 0.2) is 5.82 Å². The van der Waals surface area contributed by atoms with Gasteiger partial charge in [0.2, 0.25) is 0 Å². The molecule has 1 fully saturated rings. The maximum atomic E-state index is 12.2. The fourth-order valence-electron chi connectivity index (χ4n) is 2.75. The van der Waals surface area contributed by atoms with Gasteiger partial charge in [0.05, 0.1) is 23.8 Å². The van der Waals surface area contributed by atoms with Crippen LogP contribution in [0.4, 0.5) is 0 Å². The molecule has 1 radical (unpaired) electrons. The van der Waals surface area contributed by atoms with Gasteiger partial charge in [0.1, 0.15) is 16.8 Å². The van der Waals surface area contributed by atoms with Crippen LogP contribution in [-0.2, 0) is 23.7 Å². The third-order valence-corrected chi connectivity index (χ3v) is 5.10. The van der Waals surface area contributed by atoms with E-state index in [0.717, 1.165) is 11.4 Å². The zero-order valence-corrected chi connectivity index (χ0v) is 16.7. The molecule has 4 heterocycles. The van der Waals surface area contributed by atoms with Crippen molar-refractivity contribution in [1.82, 2.24) is 24.0 Å². The molecule has 1 atom stereocenters. The number of imidazole rings is 2. The minimum Gasteiger partial charge on any atom is -0.477 e. The largest absolute Gasteiger partial charge is 0.477 e. The number of hydrogen-bond acceptors (Lipinski definition) is 5. The first-order valence-corrected chi connectivity index (χ1v) is 8.06. The number of thioether (sulfide) groups is 1. The van der Waals surface area contributed by atoms with E-state index < -0.39 is 5.97 Å². The normalized spacial score (nSPS) is 20.2. The molecule has 1 saturated heterocycles. The number of nitrogens with zero attached hydrogens (tertiary/aromatic N) is 5. The van der Waals surface area contributed by atoms with Gasteiger partial charge >= 0.3 is 5.97 Å². The summed E-state index contributed by atoms with van der Waals surface area (Å²) >= 11 is 1.32. The number of fused-ring (bicyclic) bond motifs is 1. The third kappa shape index (κ3) is 2.77. The van der Waals surface area contributed by atoms with E-state index in [1.807, 2.05) is 29.4 Å². The van der Waals surface area contributed by atoms with Crippen LogP contribution in [0, 0.1) is 0 Å². The minimum atomic E-state index is -1.09. The van der Waals surface area contributed by atoms with Gasteiger partial charge in [-0.25, -0.2) is 14.8 Å². The average Bonchev–Trinajstić information content (AvgIpc) is 3.22. The van der Waals surface area contributed by atoms with Gasteiger partial charge in [-0.15, -0.1) is 11.8 Å². The fraction of sp³-hybridized carbons (Fsp3) is 0.200. The Bertz CT molecular complexity index is 945. The summed E-state index contributed by atoms with van der Waals surface area (Å²) < 4.78 is 3.69. The summed E-state index contributed by atoms with van der Waals surface area (Å²) in [5.74, 6) is -0.663. The summed E-state index contributed by atoms with van der Waals surface area (Å²) in [5, 5.41) is 10.3. The third-order valence-electron chi connectivity index (χ3n) is 4.02. The predicted octanol–water partition coefficient (Wildman–Crippen LogP) is 0.664. The van der Waals surface area contributed by atoms with Gasteiger partial charge in [0, 0.05) is 55.3 Å². The molecule has 2 aromatic heterocycles. The Kier molecular flexibility index (Phi) is 4.67. The van der Waals surface area contributed by atoms with Crippen molar-refractivity contribution in [2.75, 3.05) is 0 Å². The van der Waals surface area contributed by atoms with Crippen molar-refractivity contribution in [3.8, 4) is 11.5 Å². The second-order valence-electron chi connectivity index (χ2n) is 5.56. The molecule has 0 saturated carbocycles. The van der Waals surface area contributed by atoms with Crippen molar-refractivity contribution in [1.29, 1.82) is 0 Å². The molecule has 4 rings (SSSR count). The first-order chi connectivity index (χ1) is 11.5. The number of β-lactam (4-membered cyclic amide) rings is 1. The molecule has 123 valence electrons. The first kappa shape index (κ1) is 18.0. The van der Waals surface area contributed by atoms with Crippen LogP contribution in [-0.4, -0.2) is 75.9 Å². The van der Waals surface area contributed by atoms with Gasteiger partial charge in [-0.05, 0) is 6.08 Å². The number of carboxylic acids is 1. The molecule has 2 aliphatic heterocycles. The number of hydrogen-bond donors (Lipinski definition) is 1. The topological polar surface area (TPSA) is 93.2 Å². The summed E-state index contributed by atoms with van der Waals surface area (Å²) in [6.07, 6.45) is 7.00. The van der Waals surface area contributed by atoms with Crippen molar-refractivity contribution in [2.24, 2.45) is 14.1 Å². The molecular formula is C15H13N5NaO3S. The van der Waals surface area contributed by atoms with Crippen molar-refractivity contribution in [2.45, 2.75) is 5.37 Å². The van der Waals surface area contributed by atoms with E-state index in [2.05, 4.69) is 9.97 Å². The van der Waals surface area contributed by atoms with Crippen LogP contribution >= 0.6 is 11.8 Å². The average molecular weight is 366 g/mol. The van der Waals surface area contributed by atoms with E-state index in [0.29, 0.717) is 11.4 Å². The number of amides is 1. The molecule has 1 amide bonds. The summed E-state index contributed by atoms with van der Waals surface area (Å²) in [7, 11) is 3.74.